The van der Waals surface area contributed by atoms with Crippen LogP contribution in [0.15, 0.2) is 6.07 Å². The number of phenols is 1. The van der Waals surface area contributed by atoms with Crippen LogP contribution in [0.25, 0.3) is 0 Å². The van der Waals surface area contributed by atoms with Crippen LogP contribution in [0.2, 0.25) is 0 Å². The molecule has 0 aliphatic carbocycles. The Bertz CT molecular complexity index is 616. The highest BCUT2D eigenvalue weighted by atomic mass is 16.4. The van der Waals surface area contributed by atoms with Gasteiger partial charge in [0.2, 0.25) is 0 Å². The summed E-state index contributed by atoms with van der Waals surface area (Å²) in [6.07, 6.45) is 7.67. The molecule has 0 fully saturated rings. The summed E-state index contributed by atoms with van der Waals surface area (Å²) < 4.78 is 0. The molecule has 0 aliphatic heterocycles. The summed E-state index contributed by atoms with van der Waals surface area (Å²) in [4.78, 5) is 12.0. The van der Waals surface area contributed by atoms with Gasteiger partial charge in [-0.15, -0.1) is 0 Å². The predicted molar refractivity (Wildman–Crippen MR) is 110 cm³/mol. The van der Waals surface area contributed by atoms with Crippen LogP contribution in [-0.4, -0.2) is 16.2 Å². The highest BCUT2D eigenvalue weighted by Gasteiger charge is 2.31. The summed E-state index contributed by atoms with van der Waals surface area (Å²) >= 11 is 0. The van der Waals surface area contributed by atoms with Gasteiger partial charge in [0.25, 0.3) is 0 Å². The van der Waals surface area contributed by atoms with Gasteiger partial charge in [0.15, 0.2) is 0 Å². The first-order valence-electron chi connectivity index (χ1n) is 10.0. The van der Waals surface area contributed by atoms with Crippen LogP contribution in [0.3, 0.4) is 0 Å². The van der Waals surface area contributed by atoms with Crippen molar-refractivity contribution >= 4 is 5.97 Å². The first-order chi connectivity index (χ1) is 11.9. The number of aromatic hydroxyl groups is 1. The van der Waals surface area contributed by atoms with E-state index in [4.69, 9.17) is 0 Å². The number of aromatic carboxylic acids is 1. The third-order valence-electron chi connectivity index (χ3n) is 4.98. The summed E-state index contributed by atoms with van der Waals surface area (Å²) in [6, 6.07) is 1.69. The predicted octanol–water partition coefficient (Wildman–Crippen LogP) is 6.59. The average Bonchev–Trinajstić information content (AvgIpc) is 2.47. The van der Waals surface area contributed by atoms with Gasteiger partial charge in [0, 0.05) is 11.1 Å². The molecule has 148 valence electrons. The van der Waals surface area contributed by atoms with Gasteiger partial charge in [0.1, 0.15) is 5.75 Å². The molecule has 0 amide bonds. The lowest BCUT2D eigenvalue weighted by Gasteiger charge is -2.30. The summed E-state index contributed by atoms with van der Waals surface area (Å²) in [6.45, 7) is 14.4. The van der Waals surface area contributed by atoms with Crippen molar-refractivity contribution < 1.29 is 15.0 Å². The fraction of sp³-hybridized carbons (Fsp3) is 0.696. The zero-order valence-corrected chi connectivity index (χ0v) is 17.8. The first-order valence-corrected chi connectivity index (χ1v) is 10.0. The second kappa shape index (κ2) is 8.92. The molecule has 1 aromatic carbocycles. The quantitative estimate of drug-likeness (QED) is 0.513. The Balaban J connectivity index is 3.33. The monoisotopic (exact) mass is 362 g/mol. The van der Waals surface area contributed by atoms with Gasteiger partial charge >= 0.3 is 5.97 Å². The summed E-state index contributed by atoms with van der Waals surface area (Å²) in [5.41, 5.74) is 2.06. The molecule has 3 nitrogen and oxygen atoms in total. The average molecular weight is 363 g/mol. The number of rotatable bonds is 8. The Labute approximate surface area is 159 Å². The molecule has 0 radical (unpaired) electrons. The largest absolute Gasteiger partial charge is 0.507 e. The van der Waals surface area contributed by atoms with E-state index >= 15 is 0 Å². The van der Waals surface area contributed by atoms with Crippen molar-refractivity contribution in [1.29, 1.82) is 0 Å². The number of unbranched alkanes of at least 4 members (excludes halogenated alkanes) is 5. The Morgan fingerprint density at radius 2 is 1.46 bits per heavy atom. The number of benzene rings is 1. The maximum Gasteiger partial charge on any atom is 0.335 e. The maximum absolute atomic E-state index is 12.0. The highest BCUT2D eigenvalue weighted by molar-refractivity contribution is 5.91. The molecule has 0 heterocycles. The third kappa shape index (κ3) is 5.75. The minimum Gasteiger partial charge on any atom is -0.507 e. The topological polar surface area (TPSA) is 57.5 Å². The molecule has 0 unspecified atom stereocenters. The van der Waals surface area contributed by atoms with Crippen molar-refractivity contribution in [3.05, 3.63) is 28.3 Å². The van der Waals surface area contributed by atoms with Gasteiger partial charge in [-0.2, -0.15) is 0 Å². The van der Waals surface area contributed by atoms with E-state index in [9.17, 15) is 15.0 Å². The summed E-state index contributed by atoms with van der Waals surface area (Å²) in [5, 5.41) is 20.9. The standard InChI is InChI=1S/C23H38O3/c1-8-9-10-11-12-13-14-16-17(21(25)26)15-18(22(2,3)4)20(24)19(16)23(5,6)7/h15,24H,8-14H2,1-7H3,(H,25,26). The Morgan fingerprint density at radius 1 is 0.923 bits per heavy atom. The molecule has 26 heavy (non-hydrogen) atoms. The Kier molecular flexibility index (Phi) is 7.73. The summed E-state index contributed by atoms with van der Waals surface area (Å²) in [7, 11) is 0. The minimum absolute atomic E-state index is 0.274. The van der Waals surface area contributed by atoms with E-state index in [1.807, 2.05) is 41.5 Å². The van der Waals surface area contributed by atoms with Crippen LogP contribution in [0, 0.1) is 0 Å². The lowest BCUT2D eigenvalue weighted by atomic mass is 9.74. The number of hydrogen-bond donors (Lipinski definition) is 2. The van der Waals surface area contributed by atoms with E-state index in [1.165, 1.54) is 25.7 Å². The highest BCUT2D eigenvalue weighted by Crippen LogP contribution is 2.43. The zero-order chi connectivity index (χ0) is 20.1. The van der Waals surface area contributed by atoms with E-state index < -0.39 is 5.97 Å². The van der Waals surface area contributed by atoms with Crippen LogP contribution in [0.4, 0.5) is 0 Å². The minimum atomic E-state index is -0.901. The first kappa shape index (κ1) is 22.5. The number of carboxylic acid groups (broad SMARTS) is 1. The van der Waals surface area contributed by atoms with Crippen LogP contribution in [0.5, 0.6) is 5.75 Å². The Hall–Kier alpha value is -1.51. The normalized spacial score (nSPS) is 12.4. The number of hydrogen-bond acceptors (Lipinski definition) is 2. The van der Waals surface area contributed by atoms with E-state index in [2.05, 4.69) is 6.92 Å². The fourth-order valence-electron chi connectivity index (χ4n) is 3.62. The molecular weight excluding hydrogens is 324 g/mol. The third-order valence-corrected chi connectivity index (χ3v) is 4.98. The molecule has 0 aliphatic rings. The van der Waals surface area contributed by atoms with E-state index in [0.29, 0.717) is 17.5 Å². The Morgan fingerprint density at radius 3 is 1.92 bits per heavy atom. The molecular formula is C23H38O3. The molecule has 1 rings (SSSR count). The van der Waals surface area contributed by atoms with Gasteiger partial charge < -0.3 is 10.2 Å². The number of carboxylic acids is 1. The smallest absolute Gasteiger partial charge is 0.335 e. The zero-order valence-electron chi connectivity index (χ0n) is 17.8. The SMILES string of the molecule is CCCCCCCCc1c(C(=O)O)cc(C(C)(C)C)c(O)c1C(C)(C)C. The van der Waals surface area contributed by atoms with Gasteiger partial charge in [-0.25, -0.2) is 4.79 Å². The van der Waals surface area contributed by atoms with Crippen LogP contribution < -0.4 is 0 Å². The van der Waals surface area contributed by atoms with Gasteiger partial charge in [-0.1, -0.05) is 80.6 Å². The second-order valence-corrected chi connectivity index (χ2v) is 9.50. The van der Waals surface area contributed by atoms with Gasteiger partial charge in [0.05, 0.1) is 5.56 Å². The molecule has 0 aromatic heterocycles. The van der Waals surface area contributed by atoms with Crippen LogP contribution in [0.1, 0.15) is 114 Å². The molecule has 0 spiro atoms. The van der Waals surface area contributed by atoms with Crippen molar-refractivity contribution in [1.82, 2.24) is 0 Å². The van der Waals surface area contributed by atoms with Crippen LogP contribution in [-0.2, 0) is 17.3 Å². The molecule has 0 saturated carbocycles. The molecule has 0 atom stereocenters. The molecule has 3 heteroatoms. The van der Waals surface area contributed by atoms with E-state index in [0.717, 1.165) is 24.0 Å². The van der Waals surface area contributed by atoms with Crippen LogP contribution >= 0.6 is 0 Å². The molecule has 0 bridgehead atoms. The lowest BCUT2D eigenvalue weighted by Crippen LogP contribution is -2.22. The molecule has 0 saturated heterocycles. The van der Waals surface area contributed by atoms with Crippen molar-refractivity contribution in [2.45, 2.75) is 104 Å². The van der Waals surface area contributed by atoms with Gasteiger partial charge in [-0.3, -0.25) is 0 Å². The second-order valence-electron chi connectivity index (χ2n) is 9.50. The van der Waals surface area contributed by atoms with Crippen molar-refractivity contribution in [3.8, 4) is 5.75 Å². The van der Waals surface area contributed by atoms with Crippen molar-refractivity contribution in [2.75, 3.05) is 0 Å². The van der Waals surface area contributed by atoms with E-state index in [-0.39, 0.29) is 16.6 Å². The van der Waals surface area contributed by atoms with Gasteiger partial charge in [-0.05, 0) is 35.3 Å². The maximum atomic E-state index is 12.0. The fourth-order valence-corrected chi connectivity index (χ4v) is 3.62. The van der Waals surface area contributed by atoms with Crippen molar-refractivity contribution in [2.24, 2.45) is 0 Å². The number of carbonyl (C=O) groups is 1. The number of phenolic OH excluding ortho intramolecular Hbond substituents is 1. The van der Waals surface area contributed by atoms with E-state index in [1.54, 1.807) is 6.07 Å². The molecule has 1 aromatic rings. The van der Waals surface area contributed by atoms with Crippen molar-refractivity contribution in [3.63, 3.8) is 0 Å². The molecule has 2 N–H and O–H groups in total. The lowest BCUT2D eigenvalue weighted by molar-refractivity contribution is 0.0695. The summed E-state index contributed by atoms with van der Waals surface area (Å²) in [5.74, 6) is -0.627.